The molecule has 2 aromatic rings. The quantitative estimate of drug-likeness (QED) is 0.589. The maximum absolute atomic E-state index is 11.7. The van der Waals surface area contributed by atoms with Crippen LogP contribution in [0.2, 0.25) is 0 Å². The molecular formula is C18H19N3O4. The molecule has 130 valence electrons. The van der Waals surface area contributed by atoms with Crippen molar-refractivity contribution in [3.63, 3.8) is 0 Å². The fourth-order valence-corrected chi connectivity index (χ4v) is 2.25. The van der Waals surface area contributed by atoms with Gasteiger partial charge in [0, 0.05) is 17.8 Å². The van der Waals surface area contributed by atoms with Crippen LogP contribution in [0.4, 0.5) is 10.5 Å². The number of aliphatic hydroxyl groups excluding tert-OH is 2. The number of nitrogens with two attached hydrogens (primary N) is 1. The maximum atomic E-state index is 11.7. The van der Waals surface area contributed by atoms with Crippen molar-refractivity contribution < 1.29 is 19.7 Å². The van der Waals surface area contributed by atoms with E-state index in [0.29, 0.717) is 0 Å². The second kappa shape index (κ2) is 8.68. The lowest BCUT2D eigenvalue weighted by atomic mass is 9.98. The van der Waals surface area contributed by atoms with E-state index in [1.807, 2.05) is 36.4 Å². The number of carbonyl (C=O) groups excluding carboxylic acids is 1. The average molecular weight is 341 g/mol. The first-order valence-corrected chi connectivity index (χ1v) is 7.62. The first-order chi connectivity index (χ1) is 12.0. The third-order valence-electron chi connectivity index (χ3n) is 3.59. The molecular weight excluding hydrogens is 322 g/mol. The standard InChI is InChI=1S/C18H19N3O4/c19-9-14-13(7-4-8-15(14)20)17(23)16(22)10-21-18(24)25-11-12-5-2-1-3-6-12/h1-8,16-17,22-23H,10-11,20H2,(H,21,24). The molecule has 0 aliphatic heterocycles. The molecule has 7 nitrogen and oxygen atoms in total. The number of nitrogen functional groups attached to an aromatic ring is 1. The van der Waals surface area contributed by atoms with Crippen LogP contribution < -0.4 is 11.1 Å². The van der Waals surface area contributed by atoms with Gasteiger partial charge in [-0.3, -0.25) is 0 Å². The molecule has 25 heavy (non-hydrogen) atoms. The SMILES string of the molecule is N#Cc1c(N)cccc1C(O)C(O)CNC(=O)OCc1ccccc1. The maximum Gasteiger partial charge on any atom is 0.407 e. The van der Waals surface area contributed by atoms with E-state index in [1.165, 1.54) is 12.1 Å². The highest BCUT2D eigenvalue weighted by atomic mass is 16.5. The van der Waals surface area contributed by atoms with Gasteiger partial charge < -0.3 is 26.0 Å². The summed E-state index contributed by atoms with van der Waals surface area (Å²) in [6, 6.07) is 15.6. The predicted octanol–water partition coefficient (Wildman–Crippen LogP) is 1.46. The first-order valence-electron chi connectivity index (χ1n) is 7.62. The number of benzene rings is 2. The summed E-state index contributed by atoms with van der Waals surface area (Å²) in [5, 5.41) is 31.7. The molecule has 0 heterocycles. The zero-order valence-electron chi connectivity index (χ0n) is 13.4. The van der Waals surface area contributed by atoms with E-state index >= 15 is 0 Å². The van der Waals surface area contributed by atoms with Crippen molar-refractivity contribution in [3.8, 4) is 6.07 Å². The Balaban J connectivity index is 1.87. The minimum atomic E-state index is -1.37. The molecule has 5 N–H and O–H groups in total. The number of hydrogen-bond donors (Lipinski definition) is 4. The van der Waals surface area contributed by atoms with E-state index in [9.17, 15) is 15.0 Å². The van der Waals surface area contributed by atoms with Gasteiger partial charge in [-0.25, -0.2) is 4.79 Å². The minimum absolute atomic E-state index is 0.0964. The number of hydrogen-bond acceptors (Lipinski definition) is 6. The molecule has 2 atom stereocenters. The molecule has 2 rings (SSSR count). The number of carbonyl (C=O) groups is 1. The zero-order valence-corrected chi connectivity index (χ0v) is 13.4. The van der Waals surface area contributed by atoms with Crippen molar-refractivity contribution in [3.05, 3.63) is 65.2 Å². The lowest BCUT2D eigenvalue weighted by Crippen LogP contribution is -2.36. The highest BCUT2D eigenvalue weighted by Crippen LogP contribution is 2.24. The van der Waals surface area contributed by atoms with Gasteiger partial charge in [-0.1, -0.05) is 42.5 Å². The summed E-state index contributed by atoms with van der Waals surface area (Å²) in [5.41, 5.74) is 7.02. The third-order valence-corrected chi connectivity index (χ3v) is 3.59. The van der Waals surface area contributed by atoms with Gasteiger partial charge in [0.15, 0.2) is 0 Å². The molecule has 7 heteroatoms. The van der Waals surface area contributed by atoms with Gasteiger partial charge >= 0.3 is 6.09 Å². The smallest absolute Gasteiger partial charge is 0.407 e. The number of alkyl carbamates (subject to hydrolysis) is 1. The first kappa shape index (κ1) is 18.3. The van der Waals surface area contributed by atoms with Crippen LogP contribution in [0, 0.1) is 11.3 Å². The summed E-state index contributed by atoms with van der Waals surface area (Å²) in [7, 11) is 0. The number of aliphatic hydroxyl groups is 2. The Morgan fingerprint density at radius 3 is 2.60 bits per heavy atom. The van der Waals surface area contributed by atoms with Crippen molar-refractivity contribution in [2.24, 2.45) is 0 Å². The van der Waals surface area contributed by atoms with Crippen molar-refractivity contribution in [2.45, 2.75) is 18.8 Å². The molecule has 0 spiro atoms. The largest absolute Gasteiger partial charge is 0.445 e. The van der Waals surface area contributed by atoms with E-state index in [0.717, 1.165) is 5.56 Å². The molecule has 2 aromatic carbocycles. The van der Waals surface area contributed by atoms with Gasteiger partial charge in [0.1, 0.15) is 24.9 Å². The van der Waals surface area contributed by atoms with Crippen molar-refractivity contribution >= 4 is 11.8 Å². The second-order valence-electron chi connectivity index (χ2n) is 5.38. The van der Waals surface area contributed by atoms with Crippen LogP contribution in [-0.2, 0) is 11.3 Å². The van der Waals surface area contributed by atoms with Gasteiger partial charge in [0.2, 0.25) is 0 Å². The van der Waals surface area contributed by atoms with E-state index in [1.54, 1.807) is 6.07 Å². The summed E-state index contributed by atoms with van der Waals surface area (Å²) in [6.07, 6.45) is -3.41. The van der Waals surface area contributed by atoms with Crippen LogP contribution in [0.25, 0.3) is 0 Å². The molecule has 2 unspecified atom stereocenters. The highest BCUT2D eigenvalue weighted by molar-refractivity contribution is 5.67. The Morgan fingerprint density at radius 2 is 1.92 bits per heavy atom. The fourth-order valence-electron chi connectivity index (χ4n) is 2.25. The highest BCUT2D eigenvalue weighted by Gasteiger charge is 2.23. The topological polar surface area (TPSA) is 129 Å². The Hall–Kier alpha value is -3.08. The number of nitriles is 1. The number of anilines is 1. The van der Waals surface area contributed by atoms with Gasteiger partial charge in [-0.15, -0.1) is 0 Å². The summed E-state index contributed by atoms with van der Waals surface area (Å²) in [6.45, 7) is -0.145. The normalized spacial score (nSPS) is 12.7. The summed E-state index contributed by atoms with van der Waals surface area (Å²) < 4.78 is 5.01. The van der Waals surface area contributed by atoms with Gasteiger partial charge in [0.25, 0.3) is 0 Å². The van der Waals surface area contributed by atoms with Crippen LogP contribution in [0.1, 0.15) is 22.8 Å². The van der Waals surface area contributed by atoms with Gasteiger partial charge in [-0.05, 0) is 11.6 Å². The average Bonchev–Trinajstić information content (AvgIpc) is 2.64. The Kier molecular flexibility index (Phi) is 6.34. The molecule has 0 aromatic heterocycles. The summed E-state index contributed by atoms with van der Waals surface area (Å²) in [4.78, 5) is 11.7. The Labute approximate surface area is 145 Å². The Bertz CT molecular complexity index is 759. The summed E-state index contributed by atoms with van der Waals surface area (Å²) >= 11 is 0. The molecule has 0 aliphatic rings. The van der Waals surface area contributed by atoms with Crippen molar-refractivity contribution in [1.82, 2.24) is 5.32 Å². The molecule has 0 saturated carbocycles. The zero-order chi connectivity index (χ0) is 18.2. The molecule has 0 bridgehead atoms. The Morgan fingerprint density at radius 1 is 1.20 bits per heavy atom. The van der Waals surface area contributed by atoms with Gasteiger partial charge in [0.05, 0.1) is 5.56 Å². The van der Waals surface area contributed by atoms with Crippen LogP contribution in [0.3, 0.4) is 0 Å². The molecule has 0 fully saturated rings. The van der Waals surface area contributed by atoms with Gasteiger partial charge in [-0.2, -0.15) is 5.26 Å². The predicted molar refractivity (Wildman–Crippen MR) is 91.2 cm³/mol. The van der Waals surface area contributed by atoms with E-state index in [2.05, 4.69) is 5.32 Å². The van der Waals surface area contributed by atoms with Crippen molar-refractivity contribution in [1.29, 1.82) is 5.26 Å². The number of ether oxygens (including phenoxy) is 1. The molecule has 1 amide bonds. The van der Waals surface area contributed by atoms with E-state index < -0.39 is 18.3 Å². The number of amides is 1. The van der Waals surface area contributed by atoms with E-state index in [-0.39, 0.29) is 30.0 Å². The van der Waals surface area contributed by atoms with Crippen LogP contribution in [0.15, 0.2) is 48.5 Å². The fraction of sp³-hybridized carbons (Fsp3) is 0.222. The lowest BCUT2D eigenvalue weighted by Gasteiger charge is -2.20. The number of rotatable bonds is 6. The number of nitrogens with one attached hydrogen (secondary N) is 1. The lowest BCUT2D eigenvalue weighted by molar-refractivity contribution is 0.0183. The molecule has 0 saturated heterocycles. The second-order valence-corrected chi connectivity index (χ2v) is 5.38. The van der Waals surface area contributed by atoms with E-state index in [4.69, 9.17) is 15.7 Å². The minimum Gasteiger partial charge on any atom is -0.445 e. The van der Waals surface area contributed by atoms with Crippen LogP contribution >= 0.6 is 0 Å². The summed E-state index contributed by atoms with van der Waals surface area (Å²) in [5.74, 6) is 0. The van der Waals surface area contributed by atoms with Crippen LogP contribution in [-0.4, -0.2) is 29.0 Å². The number of nitrogens with zero attached hydrogens (tertiary/aromatic N) is 1. The molecule has 0 aliphatic carbocycles. The monoisotopic (exact) mass is 341 g/mol. The third kappa shape index (κ3) is 4.94. The molecule has 0 radical (unpaired) electrons. The van der Waals surface area contributed by atoms with Crippen LogP contribution in [0.5, 0.6) is 0 Å². The van der Waals surface area contributed by atoms with Crippen molar-refractivity contribution in [2.75, 3.05) is 12.3 Å².